The van der Waals surface area contributed by atoms with E-state index in [1.807, 2.05) is 0 Å². The molecule has 2 fully saturated rings. The van der Waals surface area contributed by atoms with Crippen LogP contribution in [-0.4, -0.2) is 46.3 Å². The molecule has 0 spiro atoms. The second-order valence-corrected chi connectivity index (χ2v) is 24.4. The van der Waals surface area contributed by atoms with Gasteiger partial charge in [0.2, 0.25) is 5.78 Å². The summed E-state index contributed by atoms with van der Waals surface area (Å²) in [6, 6.07) is 24.9. The van der Waals surface area contributed by atoms with Crippen LogP contribution >= 0.6 is 0 Å². The van der Waals surface area contributed by atoms with E-state index < -0.39 is 28.3 Å². The highest BCUT2D eigenvalue weighted by Crippen LogP contribution is 2.40. The van der Waals surface area contributed by atoms with Crippen LogP contribution in [0.25, 0.3) is 0 Å². The molecular weight excluding hydrogens is 601 g/mol. The van der Waals surface area contributed by atoms with Crippen LogP contribution in [0.2, 0.25) is 23.2 Å². The summed E-state index contributed by atoms with van der Waals surface area (Å²) in [5, 5.41) is 2.53. The highest BCUT2D eigenvalue weighted by atomic mass is 28.4. The number of rotatable bonds is 13. The molecule has 0 amide bonds. The zero-order valence-electron chi connectivity index (χ0n) is 30.0. The van der Waals surface area contributed by atoms with Gasteiger partial charge in [0.25, 0.3) is 8.32 Å². The van der Waals surface area contributed by atoms with Crippen molar-refractivity contribution in [2.24, 2.45) is 5.92 Å². The van der Waals surface area contributed by atoms with Crippen molar-refractivity contribution in [3.05, 3.63) is 60.7 Å². The number of Topliss-reactive ketones (excluding diaryl/α,β-unsaturated/α-hetero) is 1. The lowest BCUT2D eigenvalue weighted by Gasteiger charge is -2.44. The lowest BCUT2D eigenvalue weighted by Crippen LogP contribution is -2.66. The third-order valence-corrected chi connectivity index (χ3v) is 20.6. The topological polar surface area (TPSA) is 44.8 Å². The molecule has 1 saturated carbocycles. The second-order valence-electron chi connectivity index (χ2n) is 15.4. The summed E-state index contributed by atoms with van der Waals surface area (Å²) in [6.45, 7) is 18.8. The van der Waals surface area contributed by atoms with E-state index in [4.69, 9.17) is 13.6 Å². The van der Waals surface area contributed by atoms with Crippen molar-refractivity contribution in [2.75, 3.05) is 6.61 Å². The van der Waals surface area contributed by atoms with E-state index in [0.717, 1.165) is 63.1 Å². The molecule has 0 unspecified atom stereocenters. The van der Waals surface area contributed by atoms with Gasteiger partial charge in [-0.1, -0.05) is 121 Å². The van der Waals surface area contributed by atoms with Crippen LogP contribution < -0.4 is 10.4 Å². The van der Waals surface area contributed by atoms with Gasteiger partial charge >= 0.3 is 0 Å². The molecule has 3 atom stereocenters. The van der Waals surface area contributed by atoms with Crippen LogP contribution in [0, 0.1) is 17.8 Å². The van der Waals surface area contributed by atoms with Gasteiger partial charge in [-0.25, -0.2) is 0 Å². The van der Waals surface area contributed by atoms with E-state index in [9.17, 15) is 4.79 Å². The summed E-state index contributed by atoms with van der Waals surface area (Å²) >= 11 is 0. The Bertz CT molecular complexity index is 1270. The Labute approximate surface area is 282 Å². The highest BCUT2D eigenvalue weighted by Gasteiger charge is 2.50. The predicted molar refractivity (Wildman–Crippen MR) is 197 cm³/mol. The van der Waals surface area contributed by atoms with Crippen molar-refractivity contribution in [1.82, 2.24) is 0 Å². The Morgan fingerprint density at radius 3 is 1.96 bits per heavy atom. The molecule has 2 aromatic rings. The van der Waals surface area contributed by atoms with Gasteiger partial charge in [-0.2, -0.15) is 0 Å². The molecule has 1 aliphatic carbocycles. The van der Waals surface area contributed by atoms with Crippen molar-refractivity contribution >= 4 is 32.8 Å². The van der Waals surface area contributed by atoms with Crippen LogP contribution in [0.1, 0.15) is 107 Å². The molecule has 252 valence electrons. The normalized spacial score (nSPS) is 22.6. The Kier molecular flexibility index (Phi) is 12.4. The number of hydrogen-bond acceptors (Lipinski definition) is 4. The molecule has 6 heteroatoms. The lowest BCUT2D eigenvalue weighted by molar-refractivity contribution is -0.129. The SMILES string of the molecule is CC[Si](CC)(CC)OC1(C#CC(=O)[C@H]2CC[C@](C)(C[C@@H](C)CO[Si](c3ccccc3)(c3ccccc3)C(C)(C)C)O2)CCCCC1. The molecule has 0 N–H and O–H groups in total. The molecule has 2 aliphatic rings. The molecule has 0 aromatic heterocycles. The van der Waals surface area contributed by atoms with Crippen LogP contribution in [0.4, 0.5) is 0 Å². The van der Waals surface area contributed by atoms with Gasteiger partial charge in [-0.3, -0.25) is 4.79 Å². The average Bonchev–Trinajstić information content (AvgIpc) is 3.45. The largest absolute Gasteiger partial charge is 0.407 e. The zero-order chi connectivity index (χ0) is 33.5. The monoisotopic (exact) mass is 660 g/mol. The van der Waals surface area contributed by atoms with Gasteiger partial charge in [0.1, 0.15) is 11.7 Å². The minimum Gasteiger partial charge on any atom is -0.407 e. The fraction of sp³-hybridized carbons (Fsp3) is 0.625. The van der Waals surface area contributed by atoms with E-state index in [2.05, 4.69) is 128 Å². The van der Waals surface area contributed by atoms with Crippen molar-refractivity contribution in [3.63, 3.8) is 0 Å². The van der Waals surface area contributed by atoms with Crippen molar-refractivity contribution in [3.8, 4) is 11.8 Å². The second kappa shape index (κ2) is 15.5. The van der Waals surface area contributed by atoms with Crippen molar-refractivity contribution in [2.45, 2.75) is 147 Å². The summed E-state index contributed by atoms with van der Waals surface area (Å²) in [4.78, 5) is 13.5. The Morgan fingerprint density at radius 1 is 0.913 bits per heavy atom. The number of carbonyl (C=O) groups excluding carboxylic acids is 1. The van der Waals surface area contributed by atoms with Crippen molar-refractivity contribution in [1.29, 1.82) is 0 Å². The first kappa shape index (κ1) is 36.8. The summed E-state index contributed by atoms with van der Waals surface area (Å²) in [7, 11) is -4.46. The first-order chi connectivity index (χ1) is 21.9. The molecule has 1 aliphatic heterocycles. The van der Waals surface area contributed by atoms with Gasteiger partial charge < -0.3 is 13.6 Å². The standard InChI is InChI=1S/C40H60O4Si2/c1-9-45(10-2,11-3)44-40(27-19-14-20-28-40)30-25-36(41)37-26-29-39(8,43-37)31-33(4)32-42-46(38(5,6)7,34-21-15-12-16-22-34)35-23-17-13-18-24-35/h12-13,15-18,21-24,33,37H,9-11,14,19-20,26-29,31-32H2,1-8H3/t33-,37-,39-/m1/s1. The maximum atomic E-state index is 13.5. The number of hydrogen-bond donors (Lipinski definition) is 0. The van der Waals surface area contributed by atoms with E-state index in [0.29, 0.717) is 6.61 Å². The third-order valence-electron chi connectivity index (χ3n) is 10.9. The first-order valence-electron chi connectivity index (χ1n) is 18.1. The molecule has 0 bridgehead atoms. The number of ether oxygens (including phenoxy) is 1. The molecule has 1 saturated heterocycles. The predicted octanol–water partition coefficient (Wildman–Crippen LogP) is 8.82. The van der Waals surface area contributed by atoms with Crippen LogP contribution in [0.15, 0.2) is 60.7 Å². The van der Waals surface area contributed by atoms with Gasteiger partial charge in [-0.15, -0.1) is 0 Å². The summed E-state index contributed by atoms with van der Waals surface area (Å²) < 4.78 is 20.8. The zero-order valence-corrected chi connectivity index (χ0v) is 32.0. The van der Waals surface area contributed by atoms with Gasteiger partial charge in [0.05, 0.1) is 5.60 Å². The first-order valence-corrected chi connectivity index (χ1v) is 22.5. The highest BCUT2D eigenvalue weighted by molar-refractivity contribution is 6.99. The lowest BCUT2D eigenvalue weighted by atomic mass is 9.85. The summed E-state index contributed by atoms with van der Waals surface area (Å²) in [5.41, 5.74) is -0.833. The Balaban J connectivity index is 1.45. The molecule has 2 aromatic carbocycles. The van der Waals surface area contributed by atoms with E-state index in [1.165, 1.54) is 16.8 Å². The smallest absolute Gasteiger partial charge is 0.261 e. The quantitative estimate of drug-likeness (QED) is 0.122. The molecule has 46 heavy (non-hydrogen) atoms. The Hall–Kier alpha value is -2.02. The van der Waals surface area contributed by atoms with Gasteiger partial charge in [0.15, 0.2) is 8.32 Å². The van der Waals surface area contributed by atoms with Crippen LogP contribution in [0.5, 0.6) is 0 Å². The minimum absolute atomic E-state index is 0.0632. The third kappa shape index (κ3) is 8.33. The summed E-state index contributed by atoms with van der Waals surface area (Å²) in [5.74, 6) is 6.71. The number of benzene rings is 2. The molecule has 0 radical (unpaired) electrons. The van der Waals surface area contributed by atoms with E-state index >= 15 is 0 Å². The molecule has 1 heterocycles. The number of carbonyl (C=O) groups is 1. The van der Waals surface area contributed by atoms with Crippen LogP contribution in [-0.2, 0) is 18.4 Å². The fourth-order valence-electron chi connectivity index (χ4n) is 8.07. The number of ketones is 1. The maximum absolute atomic E-state index is 13.5. The fourth-order valence-corrected chi connectivity index (χ4v) is 15.8. The van der Waals surface area contributed by atoms with E-state index in [-0.39, 0.29) is 22.3 Å². The van der Waals surface area contributed by atoms with Crippen LogP contribution in [0.3, 0.4) is 0 Å². The minimum atomic E-state index is -2.61. The molecule has 4 rings (SSSR count). The van der Waals surface area contributed by atoms with E-state index in [1.54, 1.807) is 0 Å². The molecule has 4 nitrogen and oxygen atoms in total. The van der Waals surface area contributed by atoms with Gasteiger partial charge in [0, 0.05) is 6.61 Å². The van der Waals surface area contributed by atoms with Crippen molar-refractivity contribution < 1.29 is 18.4 Å². The summed E-state index contributed by atoms with van der Waals surface area (Å²) in [6.07, 6.45) is 7.29. The Morgan fingerprint density at radius 2 is 1.46 bits per heavy atom. The average molecular weight is 661 g/mol. The van der Waals surface area contributed by atoms with Gasteiger partial charge in [-0.05, 0) is 97.3 Å². The maximum Gasteiger partial charge on any atom is 0.261 e. The molecular formula is C40H60O4Si2.